The second-order valence-corrected chi connectivity index (χ2v) is 5.29. The van der Waals surface area contributed by atoms with Crippen LogP contribution >= 0.6 is 0 Å². The summed E-state index contributed by atoms with van der Waals surface area (Å²) in [5.41, 5.74) is 0.742. The molecule has 6 nitrogen and oxygen atoms in total. The van der Waals surface area contributed by atoms with Crippen LogP contribution in [0.5, 0.6) is 11.5 Å². The average Bonchev–Trinajstić information content (AvgIpc) is 2.60. The molecule has 1 aromatic rings. The zero-order valence-corrected chi connectivity index (χ0v) is 11.6. The Morgan fingerprint density at radius 3 is 2.91 bits per heavy atom. The molecule has 1 aromatic carbocycles. The number of carboxylic acid groups (broad SMARTS) is 1. The summed E-state index contributed by atoms with van der Waals surface area (Å²) in [6.45, 7) is 1.97. The van der Waals surface area contributed by atoms with Gasteiger partial charge in [-0.05, 0) is 17.7 Å². The molecular weight excluding hydrogens is 300 g/mol. The summed E-state index contributed by atoms with van der Waals surface area (Å²) < 4.78 is 40.0. The fraction of sp³-hybridized carbons (Fsp3) is 0.500. The van der Waals surface area contributed by atoms with Crippen molar-refractivity contribution in [1.82, 2.24) is 4.90 Å². The number of carboxylic acids is 1. The van der Waals surface area contributed by atoms with E-state index in [0.29, 0.717) is 26.2 Å². The van der Waals surface area contributed by atoms with Crippen molar-refractivity contribution >= 4 is 5.97 Å². The second-order valence-electron chi connectivity index (χ2n) is 5.29. The van der Waals surface area contributed by atoms with Gasteiger partial charge in [0, 0.05) is 19.6 Å². The first-order valence-electron chi connectivity index (χ1n) is 6.84. The van der Waals surface area contributed by atoms with E-state index in [1.54, 1.807) is 6.07 Å². The molecule has 1 atom stereocenters. The monoisotopic (exact) mass is 315 g/mol. The van der Waals surface area contributed by atoms with Crippen molar-refractivity contribution in [2.24, 2.45) is 5.92 Å². The number of rotatable bonds is 3. The smallest absolute Gasteiger partial charge is 0.481 e. The van der Waals surface area contributed by atoms with E-state index in [0.717, 1.165) is 5.56 Å². The number of halogens is 2. The largest absolute Gasteiger partial charge is 0.586 e. The number of nitrogens with zero attached hydrogens (tertiary/aromatic N) is 1. The van der Waals surface area contributed by atoms with Gasteiger partial charge in [0.05, 0.1) is 19.1 Å². The molecule has 1 unspecified atom stereocenters. The molecule has 1 saturated heterocycles. The Bertz CT molecular complexity index is 580. The van der Waals surface area contributed by atoms with Crippen LogP contribution in [0, 0.1) is 5.92 Å². The van der Waals surface area contributed by atoms with Gasteiger partial charge >= 0.3 is 12.3 Å². The molecule has 2 heterocycles. The highest BCUT2D eigenvalue weighted by Gasteiger charge is 2.43. The third-order valence-corrected chi connectivity index (χ3v) is 3.57. The van der Waals surface area contributed by atoms with Gasteiger partial charge in [-0.2, -0.15) is 0 Å². The molecule has 0 bridgehead atoms. The highest BCUT2D eigenvalue weighted by atomic mass is 19.3. The van der Waals surface area contributed by atoms with Gasteiger partial charge in [0.2, 0.25) is 0 Å². The standard InChI is InChI=1S/C14H15F2NO5/c15-14(16)21-11-2-1-9(5-12(11)22-14)6-17-3-4-20-8-10(7-17)13(18)19/h1-2,5,10H,3-4,6-8H2,(H,18,19). The molecule has 8 heteroatoms. The van der Waals surface area contributed by atoms with Gasteiger partial charge in [-0.15, -0.1) is 8.78 Å². The Morgan fingerprint density at radius 1 is 1.36 bits per heavy atom. The Hall–Kier alpha value is -1.93. The van der Waals surface area contributed by atoms with E-state index in [4.69, 9.17) is 9.84 Å². The SMILES string of the molecule is O=C(O)C1COCCN(Cc2ccc3c(c2)OC(F)(F)O3)C1. The van der Waals surface area contributed by atoms with Crippen molar-refractivity contribution in [1.29, 1.82) is 0 Å². The highest BCUT2D eigenvalue weighted by molar-refractivity contribution is 5.70. The number of benzene rings is 1. The molecule has 2 aliphatic heterocycles. The fourth-order valence-electron chi connectivity index (χ4n) is 2.52. The number of hydrogen-bond acceptors (Lipinski definition) is 5. The summed E-state index contributed by atoms with van der Waals surface area (Å²) in [6, 6.07) is 4.57. The van der Waals surface area contributed by atoms with Crippen LogP contribution in [0.3, 0.4) is 0 Å². The highest BCUT2D eigenvalue weighted by Crippen LogP contribution is 2.41. The van der Waals surface area contributed by atoms with Gasteiger partial charge in [-0.25, -0.2) is 0 Å². The molecule has 0 spiro atoms. The molecule has 22 heavy (non-hydrogen) atoms. The van der Waals surface area contributed by atoms with Crippen LogP contribution in [0.4, 0.5) is 8.78 Å². The lowest BCUT2D eigenvalue weighted by Crippen LogP contribution is -2.33. The number of fused-ring (bicyclic) bond motifs is 1. The van der Waals surface area contributed by atoms with E-state index in [9.17, 15) is 13.6 Å². The van der Waals surface area contributed by atoms with Crippen LogP contribution in [0.2, 0.25) is 0 Å². The Balaban J connectivity index is 1.69. The zero-order valence-electron chi connectivity index (χ0n) is 11.6. The first kappa shape index (κ1) is 15.0. The molecule has 0 saturated carbocycles. The summed E-state index contributed by atoms with van der Waals surface area (Å²) in [6.07, 6.45) is -3.63. The van der Waals surface area contributed by atoms with Crippen molar-refractivity contribution < 1.29 is 32.9 Å². The van der Waals surface area contributed by atoms with Crippen molar-refractivity contribution in [3.8, 4) is 11.5 Å². The van der Waals surface area contributed by atoms with Gasteiger partial charge in [0.15, 0.2) is 11.5 Å². The maximum Gasteiger partial charge on any atom is 0.586 e. The first-order chi connectivity index (χ1) is 10.4. The van der Waals surface area contributed by atoms with Gasteiger partial charge in [-0.1, -0.05) is 6.07 Å². The van der Waals surface area contributed by atoms with Gasteiger partial charge in [-0.3, -0.25) is 9.69 Å². The predicted octanol–water partition coefficient (Wildman–Crippen LogP) is 1.54. The molecule has 0 aliphatic carbocycles. The summed E-state index contributed by atoms with van der Waals surface area (Å²) in [4.78, 5) is 13.0. The predicted molar refractivity (Wildman–Crippen MR) is 69.9 cm³/mol. The third kappa shape index (κ3) is 3.28. The van der Waals surface area contributed by atoms with Crippen LogP contribution in [0.25, 0.3) is 0 Å². The maximum atomic E-state index is 13.0. The van der Waals surface area contributed by atoms with Crippen molar-refractivity contribution in [2.75, 3.05) is 26.3 Å². The molecule has 1 N–H and O–H groups in total. The van der Waals surface area contributed by atoms with Gasteiger partial charge in [0.25, 0.3) is 0 Å². The number of alkyl halides is 2. The van der Waals surface area contributed by atoms with Crippen LogP contribution in [-0.2, 0) is 16.1 Å². The molecule has 0 aromatic heterocycles. The zero-order chi connectivity index (χ0) is 15.7. The second kappa shape index (κ2) is 5.69. The van der Waals surface area contributed by atoms with E-state index in [1.807, 2.05) is 4.90 Å². The quantitative estimate of drug-likeness (QED) is 0.912. The average molecular weight is 315 g/mol. The van der Waals surface area contributed by atoms with E-state index in [1.165, 1.54) is 12.1 Å². The number of hydrogen-bond donors (Lipinski definition) is 1. The van der Waals surface area contributed by atoms with Gasteiger partial charge < -0.3 is 19.3 Å². The third-order valence-electron chi connectivity index (χ3n) is 3.57. The van der Waals surface area contributed by atoms with Crippen LogP contribution in [-0.4, -0.2) is 48.6 Å². The molecular formula is C14H15F2NO5. The lowest BCUT2D eigenvalue weighted by Gasteiger charge is -2.21. The van der Waals surface area contributed by atoms with Crippen LogP contribution in [0.1, 0.15) is 5.56 Å². The molecule has 0 radical (unpaired) electrons. The Kier molecular flexibility index (Phi) is 3.88. The minimum atomic E-state index is -3.63. The normalized spacial score (nSPS) is 24.0. The summed E-state index contributed by atoms with van der Waals surface area (Å²) >= 11 is 0. The fourth-order valence-corrected chi connectivity index (χ4v) is 2.52. The lowest BCUT2D eigenvalue weighted by molar-refractivity contribution is -0.286. The minimum absolute atomic E-state index is 0.00337. The van der Waals surface area contributed by atoms with E-state index < -0.39 is 18.2 Å². The summed E-state index contributed by atoms with van der Waals surface area (Å²) in [5, 5.41) is 9.11. The topological polar surface area (TPSA) is 68.2 Å². The lowest BCUT2D eigenvalue weighted by atomic mass is 10.1. The first-order valence-corrected chi connectivity index (χ1v) is 6.84. The number of carbonyl (C=O) groups is 1. The molecule has 1 fully saturated rings. The van der Waals surface area contributed by atoms with Crippen molar-refractivity contribution in [3.63, 3.8) is 0 Å². The number of ether oxygens (including phenoxy) is 3. The van der Waals surface area contributed by atoms with E-state index in [-0.39, 0.29) is 18.1 Å². The molecule has 2 aliphatic rings. The minimum Gasteiger partial charge on any atom is -0.481 e. The molecule has 0 amide bonds. The molecule has 120 valence electrons. The van der Waals surface area contributed by atoms with Crippen molar-refractivity contribution in [3.05, 3.63) is 23.8 Å². The van der Waals surface area contributed by atoms with Crippen molar-refractivity contribution in [2.45, 2.75) is 12.8 Å². The van der Waals surface area contributed by atoms with Gasteiger partial charge in [0.1, 0.15) is 0 Å². The Labute approximate surface area is 125 Å². The van der Waals surface area contributed by atoms with Crippen LogP contribution < -0.4 is 9.47 Å². The van der Waals surface area contributed by atoms with Crippen LogP contribution in [0.15, 0.2) is 18.2 Å². The summed E-state index contributed by atoms with van der Waals surface area (Å²) in [7, 11) is 0. The summed E-state index contributed by atoms with van der Waals surface area (Å²) in [5.74, 6) is -1.52. The maximum absolute atomic E-state index is 13.0. The van der Waals surface area contributed by atoms with E-state index in [2.05, 4.69) is 9.47 Å². The van der Waals surface area contributed by atoms with E-state index >= 15 is 0 Å². The molecule has 3 rings (SSSR count). The number of aliphatic carboxylic acids is 1. The Morgan fingerprint density at radius 2 is 2.14 bits per heavy atom.